The molecule has 0 bridgehead atoms. The van der Waals surface area contributed by atoms with Crippen LogP contribution in [0.4, 0.5) is 0 Å². The first kappa shape index (κ1) is 16.1. The summed E-state index contributed by atoms with van der Waals surface area (Å²) in [6, 6.07) is 13.6. The summed E-state index contributed by atoms with van der Waals surface area (Å²) < 4.78 is 0. The quantitative estimate of drug-likeness (QED) is 0.888. The average molecular weight is 350 g/mol. The normalized spacial score (nSPS) is 21.2. The molecule has 120 valence electrons. The first-order chi connectivity index (χ1) is 10.9. The molecule has 1 heterocycles. The summed E-state index contributed by atoms with van der Waals surface area (Å²) in [5, 5.41) is 2.69. The van der Waals surface area contributed by atoms with Gasteiger partial charge in [-0.1, -0.05) is 41.4 Å². The molecule has 3 rings (SSSR count). The predicted octanol–water partition coefficient (Wildman–Crippen LogP) is 4.07. The Morgan fingerprint density at radius 3 is 2.48 bits per heavy atom. The monoisotopic (exact) mass is 349 g/mol. The van der Waals surface area contributed by atoms with E-state index in [0.717, 1.165) is 16.7 Å². The highest BCUT2D eigenvalue weighted by atomic mass is 35.5. The van der Waals surface area contributed by atoms with E-state index in [9.17, 15) is 0 Å². The molecule has 1 aliphatic rings. The van der Waals surface area contributed by atoms with Crippen LogP contribution in [0.3, 0.4) is 0 Å². The molecule has 2 N–H and O–H groups in total. The van der Waals surface area contributed by atoms with Gasteiger partial charge in [-0.2, -0.15) is 0 Å². The van der Waals surface area contributed by atoms with E-state index in [1.54, 1.807) is 13.1 Å². The lowest BCUT2D eigenvalue weighted by Crippen LogP contribution is -2.45. The second-order valence-corrected chi connectivity index (χ2v) is 6.63. The number of halogens is 2. The van der Waals surface area contributed by atoms with E-state index in [0.29, 0.717) is 22.6 Å². The van der Waals surface area contributed by atoms with Gasteiger partial charge in [0.05, 0.1) is 0 Å². The maximum Gasteiger partial charge on any atom is 0.216 e. The SMILES string of the molecule is CN1OCC(C)(c2cccc(-c3cc(Cl)cc(Cl)c3)c2)N=C1N. The molecule has 2 aromatic rings. The van der Waals surface area contributed by atoms with Crippen LogP contribution in [0.2, 0.25) is 10.0 Å². The third kappa shape index (κ3) is 3.29. The Morgan fingerprint density at radius 2 is 1.83 bits per heavy atom. The highest BCUT2D eigenvalue weighted by Gasteiger charge is 2.32. The molecule has 0 saturated carbocycles. The summed E-state index contributed by atoms with van der Waals surface area (Å²) in [6.07, 6.45) is 0. The molecule has 0 saturated heterocycles. The van der Waals surface area contributed by atoms with Crippen molar-refractivity contribution in [2.75, 3.05) is 13.7 Å². The van der Waals surface area contributed by atoms with Crippen molar-refractivity contribution in [1.82, 2.24) is 5.06 Å². The Kier molecular flexibility index (Phi) is 4.23. The molecule has 23 heavy (non-hydrogen) atoms. The fourth-order valence-corrected chi connectivity index (χ4v) is 3.07. The number of nitrogens with zero attached hydrogens (tertiary/aromatic N) is 2. The molecule has 1 atom stereocenters. The Bertz CT molecular complexity index is 758. The Morgan fingerprint density at radius 1 is 1.13 bits per heavy atom. The van der Waals surface area contributed by atoms with Crippen LogP contribution in [-0.4, -0.2) is 24.7 Å². The van der Waals surface area contributed by atoms with Gasteiger partial charge < -0.3 is 5.73 Å². The largest absolute Gasteiger partial charge is 0.368 e. The topological polar surface area (TPSA) is 50.8 Å². The molecule has 4 nitrogen and oxygen atoms in total. The zero-order valence-corrected chi connectivity index (χ0v) is 14.4. The number of nitrogens with two attached hydrogens (primary N) is 1. The number of guanidine groups is 1. The maximum absolute atomic E-state index is 6.10. The lowest BCUT2D eigenvalue weighted by molar-refractivity contribution is -0.113. The van der Waals surface area contributed by atoms with E-state index in [2.05, 4.69) is 11.1 Å². The van der Waals surface area contributed by atoms with Crippen LogP contribution in [-0.2, 0) is 10.4 Å². The molecule has 2 aromatic carbocycles. The minimum Gasteiger partial charge on any atom is -0.368 e. The number of hydroxylamine groups is 2. The summed E-state index contributed by atoms with van der Waals surface area (Å²) in [7, 11) is 1.74. The second-order valence-electron chi connectivity index (χ2n) is 5.75. The molecular formula is C17H17Cl2N3O. The molecule has 0 aromatic heterocycles. The highest BCUT2D eigenvalue weighted by molar-refractivity contribution is 6.35. The van der Waals surface area contributed by atoms with Crippen LogP contribution in [0.5, 0.6) is 0 Å². The third-order valence-electron chi connectivity index (χ3n) is 3.90. The molecule has 0 spiro atoms. The van der Waals surface area contributed by atoms with Crippen molar-refractivity contribution in [1.29, 1.82) is 0 Å². The van der Waals surface area contributed by atoms with Crippen LogP contribution in [0.15, 0.2) is 47.5 Å². The fraction of sp³-hybridized carbons (Fsp3) is 0.235. The molecule has 1 unspecified atom stereocenters. The maximum atomic E-state index is 6.10. The minimum absolute atomic E-state index is 0.356. The predicted molar refractivity (Wildman–Crippen MR) is 94.6 cm³/mol. The lowest BCUT2D eigenvalue weighted by Gasteiger charge is -2.34. The van der Waals surface area contributed by atoms with E-state index < -0.39 is 5.54 Å². The lowest BCUT2D eigenvalue weighted by atomic mass is 9.90. The molecular weight excluding hydrogens is 333 g/mol. The van der Waals surface area contributed by atoms with Gasteiger partial charge in [0.2, 0.25) is 5.96 Å². The average Bonchev–Trinajstić information content (AvgIpc) is 2.51. The Hall–Kier alpha value is -1.75. The zero-order valence-electron chi connectivity index (χ0n) is 12.9. The van der Waals surface area contributed by atoms with E-state index in [-0.39, 0.29) is 0 Å². The van der Waals surface area contributed by atoms with Crippen molar-refractivity contribution in [3.05, 3.63) is 58.1 Å². The summed E-state index contributed by atoms with van der Waals surface area (Å²) in [5.74, 6) is 0.356. The Balaban J connectivity index is 2.03. The molecule has 0 fully saturated rings. The third-order valence-corrected chi connectivity index (χ3v) is 4.34. The zero-order chi connectivity index (χ0) is 16.6. The van der Waals surface area contributed by atoms with E-state index >= 15 is 0 Å². The molecule has 6 heteroatoms. The van der Waals surface area contributed by atoms with Crippen molar-refractivity contribution in [2.45, 2.75) is 12.5 Å². The van der Waals surface area contributed by atoms with Gasteiger partial charge in [-0.25, -0.2) is 10.1 Å². The van der Waals surface area contributed by atoms with Gasteiger partial charge in [0.1, 0.15) is 12.1 Å². The highest BCUT2D eigenvalue weighted by Crippen LogP contribution is 2.33. The van der Waals surface area contributed by atoms with Gasteiger partial charge in [-0.05, 0) is 47.9 Å². The van der Waals surface area contributed by atoms with Gasteiger partial charge in [-0.15, -0.1) is 0 Å². The van der Waals surface area contributed by atoms with Gasteiger partial charge in [0.25, 0.3) is 0 Å². The van der Waals surface area contributed by atoms with Crippen molar-refractivity contribution in [3.63, 3.8) is 0 Å². The number of aliphatic imine (C=N–C) groups is 1. The molecule has 0 aliphatic carbocycles. The van der Waals surface area contributed by atoms with Crippen LogP contribution in [0, 0.1) is 0 Å². The standard InChI is InChI=1S/C17H17Cl2N3O/c1-17(10-23-22(2)16(20)21-17)13-5-3-4-11(6-13)12-7-14(18)9-15(19)8-12/h3-9H,10H2,1-2H3,(H2,20,21). The van der Waals surface area contributed by atoms with Crippen molar-refractivity contribution >= 4 is 29.2 Å². The molecule has 0 amide bonds. The summed E-state index contributed by atoms with van der Waals surface area (Å²) in [5.41, 5.74) is 8.35. The first-order valence-electron chi connectivity index (χ1n) is 7.16. The minimum atomic E-state index is -0.533. The second kappa shape index (κ2) is 6.04. The number of rotatable bonds is 2. The van der Waals surface area contributed by atoms with E-state index in [1.165, 1.54) is 5.06 Å². The summed E-state index contributed by atoms with van der Waals surface area (Å²) in [4.78, 5) is 10.2. The fourth-order valence-electron chi connectivity index (χ4n) is 2.55. The number of hydrogen-bond acceptors (Lipinski definition) is 4. The number of hydrogen-bond donors (Lipinski definition) is 1. The molecule has 1 aliphatic heterocycles. The van der Waals surface area contributed by atoms with Crippen molar-refractivity contribution in [2.24, 2.45) is 10.7 Å². The van der Waals surface area contributed by atoms with E-state index in [4.69, 9.17) is 33.8 Å². The molecule has 0 radical (unpaired) electrons. The van der Waals surface area contributed by atoms with E-state index in [1.807, 2.05) is 37.3 Å². The Labute approximate surface area is 145 Å². The first-order valence-corrected chi connectivity index (χ1v) is 7.92. The van der Waals surface area contributed by atoms with Gasteiger partial charge in [0, 0.05) is 17.1 Å². The van der Waals surface area contributed by atoms with Gasteiger partial charge in [-0.3, -0.25) is 4.84 Å². The van der Waals surface area contributed by atoms with Crippen molar-refractivity contribution in [3.8, 4) is 11.1 Å². The summed E-state index contributed by atoms with van der Waals surface area (Å²) >= 11 is 12.2. The van der Waals surface area contributed by atoms with Crippen LogP contribution >= 0.6 is 23.2 Å². The van der Waals surface area contributed by atoms with Crippen LogP contribution < -0.4 is 5.73 Å². The van der Waals surface area contributed by atoms with Crippen LogP contribution in [0.1, 0.15) is 12.5 Å². The number of benzene rings is 2. The van der Waals surface area contributed by atoms with Crippen molar-refractivity contribution < 1.29 is 4.84 Å². The van der Waals surface area contributed by atoms with Crippen LogP contribution in [0.25, 0.3) is 11.1 Å². The van der Waals surface area contributed by atoms with Gasteiger partial charge >= 0.3 is 0 Å². The van der Waals surface area contributed by atoms with Gasteiger partial charge in [0.15, 0.2) is 0 Å². The summed E-state index contributed by atoms with van der Waals surface area (Å²) in [6.45, 7) is 2.42. The smallest absolute Gasteiger partial charge is 0.216 e.